The Hall–Kier alpha value is -0.890. The van der Waals surface area contributed by atoms with E-state index in [0.29, 0.717) is 5.92 Å². The fourth-order valence-electron chi connectivity index (χ4n) is 2.45. The van der Waals surface area contributed by atoms with Gasteiger partial charge in [0, 0.05) is 0 Å². The van der Waals surface area contributed by atoms with Crippen molar-refractivity contribution in [1.82, 2.24) is 0 Å². The van der Waals surface area contributed by atoms with E-state index in [1.807, 2.05) is 6.07 Å². The van der Waals surface area contributed by atoms with E-state index in [-0.39, 0.29) is 5.82 Å². The fraction of sp³-hybridized carbons (Fsp3) is 0.538. The minimum absolute atomic E-state index is 0.103. The molecule has 82 valence electrons. The molecule has 1 nitrogen and oxygen atoms in total. The standard InChI is InChI=1S/C13H18FN/c14-13-6-5-11-4-3-10(2-1-7-15)8-12(11)9-13/h5-6,9-10H,1-4,7-8,15H2. The lowest BCUT2D eigenvalue weighted by atomic mass is 9.81. The van der Waals surface area contributed by atoms with Crippen LogP contribution in [0.1, 0.15) is 30.4 Å². The zero-order valence-electron chi connectivity index (χ0n) is 9.01. The number of aryl methyl sites for hydroxylation is 1. The summed E-state index contributed by atoms with van der Waals surface area (Å²) in [5, 5.41) is 0. The van der Waals surface area contributed by atoms with E-state index < -0.39 is 0 Å². The average Bonchev–Trinajstić information content (AvgIpc) is 2.25. The SMILES string of the molecule is NCCCC1CCc2ccc(F)cc2C1. The molecule has 0 amide bonds. The van der Waals surface area contributed by atoms with Crippen molar-refractivity contribution in [1.29, 1.82) is 0 Å². The normalized spacial score (nSPS) is 20.0. The smallest absolute Gasteiger partial charge is 0.123 e. The van der Waals surface area contributed by atoms with Crippen LogP contribution in [0.3, 0.4) is 0 Å². The summed E-state index contributed by atoms with van der Waals surface area (Å²) in [7, 11) is 0. The Morgan fingerprint density at radius 2 is 2.20 bits per heavy atom. The Bertz CT molecular complexity index is 335. The maximum Gasteiger partial charge on any atom is 0.123 e. The Morgan fingerprint density at radius 1 is 1.33 bits per heavy atom. The summed E-state index contributed by atoms with van der Waals surface area (Å²) in [6, 6.07) is 5.20. The highest BCUT2D eigenvalue weighted by atomic mass is 19.1. The van der Waals surface area contributed by atoms with Crippen LogP contribution in [0.4, 0.5) is 4.39 Å². The van der Waals surface area contributed by atoms with Gasteiger partial charge in [0.2, 0.25) is 0 Å². The van der Waals surface area contributed by atoms with Crippen LogP contribution in [-0.2, 0) is 12.8 Å². The summed E-state index contributed by atoms with van der Waals surface area (Å²) >= 11 is 0. The van der Waals surface area contributed by atoms with Crippen LogP contribution in [0.15, 0.2) is 18.2 Å². The molecule has 1 aliphatic carbocycles. The van der Waals surface area contributed by atoms with Crippen LogP contribution in [0.25, 0.3) is 0 Å². The molecule has 15 heavy (non-hydrogen) atoms. The Balaban J connectivity index is 2.05. The summed E-state index contributed by atoms with van der Waals surface area (Å²) in [5.74, 6) is 0.607. The van der Waals surface area contributed by atoms with Crippen LogP contribution >= 0.6 is 0 Å². The van der Waals surface area contributed by atoms with Crippen molar-refractivity contribution >= 4 is 0 Å². The zero-order valence-corrected chi connectivity index (χ0v) is 9.01. The van der Waals surface area contributed by atoms with Gasteiger partial charge in [0.05, 0.1) is 0 Å². The highest BCUT2D eigenvalue weighted by Gasteiger charge is 2.18. The molecule has 1 aromatic rings. The zero-order chi connectivity index (χ0) is 10.7. The Kier molecular flexibility index (Phi) is 3.37. The maximum absolute atomic E-state index is 13.1. The van der Waals surface area contributed by atoms with Crippen LogP contribution in [-0.4, -0.2) is 6.54 Å². The number of hydrogen-bond acceptors (Lipinski definition) is 1. The molecule has 2 N–H and O–H groups in total. The predicted octanol–water partition coefficient (Wildman–Crippen LogP) is 2.67. The number of benzene rings is 1. The van der Waals surface area contributed by atoms with Gasteiger partial charge >= 0.3 is 0 Å². The highest BCUT2D eigenvalue weighted by Crippen LogP contribution is 2.28. The van der Waals surface area contributed by atoms with Crippen LogP contribution in [0.2, 0.25) is 0 Å². The lowest BCUT2D eigenvalue weighted by molar-refractivity contribution is 0.416. The van der Waals surface area contributed by atoms with E-state index in [9.17, 15) is 4.39 Å². The van der Waals surface area contributed by atoms with Gasteiger partial charge in [0.25, 0.3) is 0 Å². The molecule has 0 fully saturated rings. The van der Waals surface area contributed by atoms with Crippen LogP contribution in [0, 0.1) is 11.7 Å². The largest absolute Gasteiger partial charge is 0.330 e. The third-order valence-corrected chi connectivity index (χ3v) is 3.32. The molecule has 1 aliphatic rings. The van der Waals surface area contributed by atoms with Gasteiger partial charge in [-0.2, -0.15) is 0 Å². The molecule has 0 aliphatic heterocycles. The minimum Gasteiger partial charge on any atom is -0.330 e. The minimum atomic E-state index is -0.103. The monoisotopic (exact) mass is 207 g/mol. The molecule has 0 aromatic heterocycles. The van der Waals surface area contributed by atoms with Gasteiger partial charge in [-0.15, -0.1) is 0 Å². The lowest BCUT2D eigenvalue weighted by Gasteiger charge is -2.24. The topological polar surface area (TPSA) is 26.0 Å². The van der Waals surface area contributed by atoms with Gasteiger partial charge in [-0.25, -0.2) is 4.39 Å². The van der Waals surface area contributed by atoms with E-state index in [1.165, 1.54) is 24.0 Å². The third kappa shape index (κ3) is 2.57. The molecule has 0 saturated heterocycles. The van der Waals surface area contributed by atoms with Crippen molar-refractivity contribution in [3.05, 3.63) is 35.1 Å². The highest BCUT2D eigenvalue weighted by molar-refractivity contribution is 5.30. The van der Waals surface area contributed by atoms with Gasteiger partial charge in [-0.3, -0.25) is 0 Å². The van der Waals surface area contributed by atoms with Crippen molar-refractivity contribution in [2.45, 2.75) is 32.1 Å². The number of fused-ring (bicyclic) bond motifs is 1. The van der Waals surface area contributed by atoms with E-state index in [2.05, 4.69) is 0 Å². The van der Waals surface area contributed by atoms with Crippen molar-refractivity contribution in [3.63, 3.8) is 0 Å². The van der Waals surface area contributed by atoms with E-state index in [1.54, 1.807) is 12.1 Å². The fourth-order valence-corrected chi connectivity index (χ4v) is 2.45. The first-order valence-electron chi connectivity index (χ1n) is 5.77. The first-order chi connectivity index (χ1) is 7.29. The lowest BCUT2D eigenvalue weighted by Crippen LogP contribution is -2.15. The van der Waals surface area contributed by atoms with E-state index >= 15 is 0 Å². The van der Waals surface area contributed by atoms with Crippen molar-refractivity contribution < 1.29 is 4.39 Å². The molecule has 2 heteroatoms. The molecule has 0 heterocycles. The Morgan fingerprint density at radius 3 is 3.00 bits per heavy atom. The maximum atomic E-state index is 13.1. The number of nitrogens with two attached hydrogens (primary N) is 1. The summed E-state index contributed by atoms with van der Waals surface area (Å²) in [6.07, 6.45) is 5.65. The van der Waals surface area contributed by atoms with Crippen molar-refractivity contribution in [3.8, 4) is 0 Å². The third-order valence-electron chi connectivity index (χ3n) is 3.32. The second-order valence-corrected chi connectivity index (χ2v) is 4.45. The quantitative estimate of drug-likeness (QED) is 0.810. The molecule has 0 spiro atoms. The molecule has 0 saturated carbocycles. The number of halogens is 1. The van der Waals surface area contributed by atoms with Crippen molar-refractivity contribution in [2.24, 2.45) is 11.7 Å². The number of rotatable bonds is 3. The molecular formula is C13H18FN. The van der Waals surface area contributed by atoms with Gasteiger partial charge < -0.3 is 5.73 Å². The van der Waals surface area contributed by atoms with Gasteiger partial charge in [0.1, 0.15) is 5.82 Å². The van der Waals surface area contributed by atoms with Crippen molar-refractivity contribution in [2.75, 3.05) is 6.54 Å². The molecule has 0 radical (unpaired) electrons. The van der Waals surface area contributed by atoms with E-state index in [4.69, 9.17) is 5.73 Å². The van der Waals surface area contributed by atoms with E-state index in [0.717, 1.165) is 25.8 Å². The molecule has 1 atom stereocenters. The molecule has 2 rings (SSSR count). The first-order valence-corrected chi connectivity index (χ1v) is 5.77. The number of hydrogen-bond donors (Lipinski definition) is 1. The molecule has 0 bridgehead atoms. The van der Waals surface area contributed by atoms with Crippen LogP contribution in [0.5, 0.6) is 0 Å². The second kappa shape index (κ2) is 4.75. The van der Waals surface area contributed by atoms with Gasteiger partial charge in [-0.1, -0.05) is 6.07 Å². The summed E-state index contributed by atoms with van der Waals surface area (Å²) in [5.41, 5.74) is 8.05. The molecule has 1 aromatic carbocycles. The van der Waals surface area contributed by atoms with Gasteiger partial charge in [-0.05, 0) is 67.8 Å². The molecular weight excluding hydrogens is 189 g/mol. The van der Waals surface area contributed by atoms with Gasteiger partial charge in [0.15, 0.2) is 0 Å². The Labute approximate surface area is 90.5 Å². The van der Waals surface area contributed by atoms with Crippen LogP contribution < -0.4 is 5.73 Å². The first kappa shape index (κ1) is 10.6. The summed E-state index contributed by atoms with van der Waals surface area (Å²) < 4.78 is 13.1. The summed E-state index contributed by atoms with van der Waals surface area (Å²) in [4.78, 5) is 0. The average molecular weight is 207 g/mol. The second-order valence-electron chi connectivity index (χ2n) is 4.45. The summed E-state index contributed by atoms with van der Waals surface area (Å²) in [6.45, 7) is 0.770. The molecule has 1 unspecified atom stereocenters. The predicted molar refractivity (Wildman–Crippen MR) is 60.2 cm³/mol.